The normalized spacial score (nSPS) is 18.1. The van der Waals surface area contributed by atoms with Crippen molar-refractivity contribution in [3.8, 4) is 0 Å². The van der Waals surface area contributed by atoms with Crippen LogP contribution in [0.3, 0.4) is 0 Å². The predicted octanol–water partition coefficient (Wildman–Crippen LogP) is -2.89. The molecule has 98 valence electrons. The Morgan fingerprint density at radius 2 is 1.81 bits per heavy atom. The maximum atomic E-state index is 10.5. The lowest BCUT2D eigenvalue weighted by Gasteiger charge is -2.25. The Balaban J connectivity index is 4.33. The summed E-state index contributed by atoms with van der Waals surface area (Å²) in [6.45, 7) is -1.74. The van der Waals surface area contributed by atoms with E-state index in [0.717, 1.165) is 0 Å². The minimum atomic E-state index is -4.77. The first kappa shape index (κ1) is 15.9. The molecule has 0 aliphatic rings. The molecule has 16 heavy (non-hydrogen) atoms. The second-order valence-electron chi connectivity index (χ2n) is 2.87. The van der Waals surface area contributed by atoms with Gasteiger partial charge in [0.1, 0.15) is 12.2 Å². The Bertz CT molecular complexity index is 233. The molecule has 0 spiro atoms. The van der Waals surface area contributed by atoms with E-state index in [4.69, 9.17) is 35.6 Å². The van der Waals surface area contributed by atoms with Crippen LogP contribution >= 0.6 is 7.82 Å². The van der Waals surface area contributed by atoms with Crippen molar-refractivity contribution in [1.82, 2.24) is 0 Å². The van der Waals surface area contributed by atoms with E-state index in [1.54, 1.807) is 0 Å². The smallest absolute Gasteiger partial charge is 0.394 e. The van der Waals surface area contributed by atoms with Crippen molar-refractivity contribution in [2.24, 2.45) is 5.73 Å². The van der Waals surface area contributed by atoms with E-state index in [9.17, 15) is 4.57 Å². The van der Waals surface area contributed by atoms with Crippen LogP contribution in [0.25, 0.3) is 0 Å². The predicted molar refractivity (Wildman–Crippen MR) is 51.0 cm³/mol. The van der Waals surface area contributed by atoms with E-state index in [-0.39, 0.29) is 6.54 Å². The molecule has 0 aromatic rings. The molecule has 0 fully saturated rings. The quantitative estimate of drug-likeness (QED) is 0.199. The molecule has 0 aromatic carbocycles. The van der Waals surface area contributed by atoms with Gasteiger partial charge in [-0.1, -0.05) is 0 Å². The van der Waals surface area contributed by atoms with Gasteiger partial charge in [0.25, 0.3) is 0 Å². The van der Waals surface area contributed by atoms with Crippen molar-refractivity contribution in [1.29, 1.82) is 0 Å². The zero-order valence-corrected chi connectivity index (χ0v) is 9.23. The largest absolute Gasteiger partial charge is 0.471 e. The molecule has 0 rings (SSSR count). The van der Waals surface area contributed by atoms with E-state index in [1.807, 2.05) is 0 Å². The molecule has 1 unspecified atom stereocenters. The van der Waals surface area contributed by atoms with Crippen LogP contribution in [0.4, 0.5) is 0 Å². The fourth-order valence-electron chi connectivity index (χ4n) is 0.845. The van der Waals surface area contributed by atoms with Gasteiger partial charge in [-0.15, -0.1) is 0 Å². The van der Waals surface area contributed by atoms with Crippen molar-refractivity contribution in [2.45, 2.75) is 18.5 Å². The number of rotatable bonds is 8. The van der Waals surface area contributed by atoms with Gasteiger partial charge < -0.3 is 35.6 Å². The van der Waals surface area contributed by atoms with Gasteiger partial charge >= 0.3 is 7.82 Å². The van der Waals surface area contributed by atoms with Gasteiger partial charge in [-0.3, -0.25) is 4.52 Å². The van der Waals surface area contributed by atoms with Gasteiger partial charge in [0.05, 0.1) is 13.2 Å². The van der Waals surface area contributed by atoms with E-state index < -0.39 is 39.5 Å². The number of aliphatic hydroxyl groups is 3. The summed E-state index contributed by atoms with van der Waals surface area (Å²) in [5.74, 6) is 0. The summed E-state index contributed by atoms with van der Waals surface area (Å²) in [5, 5.41) is 26.5. The molecule has 0 saturated heterocycles. The average Bonchev–Trinajstić information content (AvgIpc) is 2.21. The van der Waals surface area contributed by atoms with Crippen LogP contribution in [0.15, 0.2) is 0 Å². The van der Waals surface area contributed by atoms with Crippen LogP contribution in [0, 0.1) is 0 Å². The van der Waals surface area contributed by atoms with E-state index in [2.05, 4.69) is 4.52 Å². The molecular formula is C6H16NO8P. The lowest BCUT2D eigenvalue weighted by molar-refractivity contribution is -0.170. The van der Waals surface area contributed by atoms with E-state index >= 15 is 0 Å². The zero-order chi connectivity index (χ0) is 12.8. The fourth-order valence-corrected chi connectivity index (χ4v) is 1.29. The number of hydrogen-bond donors (Lipinski definition) is 6. The number of ether oxygens (including phenoxy) is 1. The summed E-state index contributed by atoms with van der Waals surface area (Å²) >= 11 is 0. The minimum absolute atomic E-state index is 0.389. The SMILES string of the molecule is NC[C@H](OC(CO)[C@H](O)CO)OP(=O)(O)O. The average molecular weight is 261 g/mol. The Labute approximate surface area is 91.7 Å². The molecule has 3 atom stereocenters. The van der Waals surface area contributed by atoms with Gasteiger partial charge in [-0.05, 0) is 0 Å². The molecule has 0 aromatic heterocycles. The summed E-state index contributed by atoms with van der Waals surface area (Å²) in [7, 11) is -4.77. The topological polar surface area (TPSA) is 163 Å². The van der Waals surface area contributed by atoms with Crippen LogP contribution in [0.2, 0.25) is 0 Å². The van der Waals surface area contributed by atoms with Crippen LogP contribution in [-0.2, 0) is 13.8 Å². The molecule has 0 saturated carbocycles. The zero-order valence-electron chi connectivity index (χ0n) is 8.34. The van der Waals surface area contributed by atoms with E-state index in [0.29, 0.717) is 0 Å². The molecule has 10 heteroatoms. The van der Waals surface area contributed by atoms with Gasteiger partial charge in [0, 0.05) is 6.54 Å². The maximum Gasteiger partial charge on any atom is 0.471 e. The summed E-state index contributed by atoms with van der Waals surface area (Å²) in [6, 6.07) is 0. The molecule has 0 bridgehead atoms. The first-order valence-corrected chi connectivity index (χ1v) is 5.86. The first-order valence-electron chi connectivity index (χ1n) is 4.33. The van der Waals surface area contributed by atoms with Crippen LogP contribution < -0.4 is 5.73 Å². The monoisotopic (exact) mass is 261 g/mol. The van der Waals surface area contributed by atoms with Gasteiger partial charge in [0.15, 0.2) is 6.29 Å². The molecule has 7 N–H and O–H groups in total. The molecular weight excluding hydrogens is 245 g/mol. The number of phosphoric ester groups is 1. The molecule has 0 radical (unpaired) electrons. The summed E-state index contributed by atoms with van der Waals surface area (Å²) in [5.41, 5.74) is 5.11. The van der Waals surface area contributed by atoms with Crippen molar-refractivity contribution in [3.05, 3.63) is 0 Å². The molecule has 0 aliphatic heterocycles. The number of nitrogens with two attached hydrogens (primary N) is 1. The Hall–Kier alpha value is -0.0900. The third-order valence-electron chi connectivity index (χ3n) is 1.57. The summed E-state index contributed by atoms with van der Waals surface area (Å²) < 4.78 is 19.4. The van der Waals surface area contributed by atoms with Gasteiger partial charge in [0.2, 0.25) is 0 Å². The maximum absolute atomic E-state index is 10.5. The third kappa shape index (κ3) is 6.48. The standard InChI is InChI=1S/C6H16NO8P/c7-1-6(15-16(11,12)13)14-5(3-9)4(10)2-8/h4-6,8-10H,1-3,7H2,(H2,11,12,13)/t4-,5?,6-/m1/s1. The third-order valence-corrected chi connectivity index (χ3v) is 2.08. The molecule has 0 amide bonds. The Kier molecular flexibility index (Phi) is 7.24. The lowest BCUT2D eigenvalue weighted by Crippen LogP contribution is -2.40. The van der Waals surface area contributed by atoms with Crippen molar-refractivity contribution in [3.63, 3.8) is 0 Å². The summed E-state index contributed by atoms with van der Waals surface area (Å²) in [4.78, 5) is 17.0. The van der Waals surface area contributed by atoms with Gasteiger partial charge in [-0.2, -0.15) is 0 Å². The molecule has 0 heterocycles. The number of aliphatic hydroxyl groups excluding tert-OH is 3. The van der Waals surface area contributed by atoms with E-state index in [1.165, 1.54) is 0 Å². The second kappa shape index (κ2) is 7.28. The molecule has 0 aliphatic carbocycles. The Morgan fingerprint density at radius 3 is 2.12 bits per heavy atom. The highest BCUT2D eigenvalue weighted by Gasteiger charge is 2.27. The van der Waals surface area contributed by atoms with Crippen molar-refractivity contribution < 1.29 is 38.9 Å². The summed E-state index contributed by atoms with van der Waals surface area (Å²) in [6.07, 6.45) is -4.14. The van der Waals surface area contributed by atoms with Crippen LogP contribution in [0.5, 0.6) is 0 Å². The van der Waals surface area contributed by atoms with Gasteiger partial charge in [-0.25, -0.2) is 4.57 Å². The minimum Gasteiger partial charge on any atom is -0.394 e. The van der Waals surface area contributed by atoms with Crippen LogP contribution in [-0.4, -0.2) is 63.4 Å². The fraction of sp³-hybridized carbons (Fsp3) is 1.00. The molecule has 9 nitrogen and oxygen atoms in total. The van der Waals surface area contributed by atoms with Crippen molar-refractivity contribution in [2.75, 3.05) is 19.8 Å². The number of phosphoric acid groups is 1. The second-order valence-corrected chi connectivity index (χ2v) is 4.06. The highest BCUT2D eigenvalue weighted by atomic mass is 31.2. The van der Waals surface area contributed by atoms with Crippen LogP contribution in [0.1, 0.15) is 0 Å². The highest BCUT2D eigenvalue weighted by Crippen LogP contribution is 2.37. The highest BCUT2D eigenvalue weighted by molar-refractivity contribution is 7.46. The Morgan fingerprint density at radius 1 is 1.25 bits per heavy atom. The first-order chi connectivity index (χ1) is 7.34. The number of hydrogen-bond acceptors (Lipinski definition) is 7. The lowest BCUT2D eigenvalue weighted by atomic mass is 10.2. The van der Waals surface area contributed by atoms with Crippen molar-refractivity contribution >= 4 is 7.82 Å².